The molecule has 0 amide bonds. The molecule has 1 unspecified atom stereocenters. The Kier molecular flexibility index (Phi) is 10.9. The molecular weight excluding hydrogens is 462 g/mol. The summed E-state index contributed by atoms with van der Waals surface area (Å²) in [6.07, 6.45) is 28.1. The van der Waals surface area contributed by atoms with Crippen molar-refractivity contribution in [2.45, 2.75) is 103 Å². The zero-order valence-corrected chi connectivity index (χ0v) is 23.0. The molecule has 0 saturated heterocycles. The van der Waals surface area contributed by atoms with E-state index in [-0.39, 0.29) is 5.75 Å². The molecular formula is C34H48F2O. The molecule has 37 heavy (non-hydrogen) atoms. The van der Waals surface area contributed by atoms with Gasteiger partial charge in [0.05, 0.1) is 6.61 Å². The molecule has 0 bridgehead atoms. The van der Waals surface area contributed by atoms with Gasteiger partial charge in [0.25, 0.3) is 0 Å². The highest BCUT2D eigenvalue weighted by Gasteiger charge is 2.30. The van der Waals surface area contributed by atoms with Gasteiger partial charge >= 0.3 is 0 Å². The van der Waals surface area contributed by atoms with E-state index in [4.69, 9.17) is 4.74 Å². The van der Waals surface area contributed by atoms with Crippen LogP contribution < -0.4 is 4.74 Å². The first-order valence-corrected chi connectivity index (χ1v) is 15.2. The van der Waals surface area contributed by atoms with Crippen LogP contribution in [0.1, 0.15) is 109 Å². The molecule has 1 aromatic carbocycles. The highest BCUT2D eigenvalue weighted by Crippen LogP contribution is 2.43. The molecule has 204 valence electrons. The second-order valence-corrected chi connectivity index (χ2v) is 11.9. The second-order valence-electron chi connectivity index (χ2n) is 11.9. The minimum atomic E-state index is -0.859. The molecule has 2 saturated carbocycles. The van der Waals surface area contributed by atoms with Gasteiger partial charge < -0.3 is 4.74 Å². The van der Waals surface area contributed by atoms with Crippen LogP contribution in [0, 0.1) is 41.2 Å². The van der Waals surface area contributed by atoms with Crippen molar-refractivity contribution in [3.05, 3.63) is 60.2 Å². The van der Waals surface area contributed by atoms with Gasteiger partial charge in [0.15, 0.2) is 11.6 Å². The van der Waals surface area contributed by atoms with E-state index in [2.05, 4.69) is 24.8 Å². The number of halogens is 2. The molecule has 0 aromatic heterocycles. The molecule has 0 radical (unpaired) electrons. The Bertz CT molecular complexity index is 916. The Morgan fingerprint density at radius 1 is 0.865 bits per heavy atom. The Hall–Kier alpha value is -1.90. The van der Waals surface area contributed by atoms with Gasteiger partial charge in [-0.1, -0.05) is 43.6 Å². The van der Waals surface area contributed by atoms with E-state index < -0.39 is 11.6 Å². The molecule has 4 rings (SSSR count). The summed E-state index contributed by atoms with van der Waals surface area (Å²) >= 11 is 0. The Morgan fingerprint density at radius 2 is 1.57 bits per heavy atom. The summed E-state index contributed by atoms with van der Waals surface area (Å²) in [5, 5.41) is 0. The van der Waals surface area contributed by atoms with Crippen LogP contribution in [-0.2, 0) is 0 Å². The molecule has 3 heteroatoms. The summed E-state index contributed by atoms with van der Waals surface area (Å²) in [6, 6.07) is 3.25. The van der Waals surface area contributed by atoms with Crippen molar-refractivity contribution in [2.75, 3.05) is 6.61 Å². The first-order chi connectivity index (χ1) is 18.1. The molecule has 1 atom stereocenters. The van der Waals surface area contributed by atoms with E-state index in [0.29, 0.717) is 18.1 Å². The summed E-state index contributed by atoms with van der Waals surface area (Å²) in [6.45, 7) is 5.92. The highest BCUT2D eigenvalue weighted by molar-refractivity contribution is 5.67. The van der Waals surface area contributed by atoms with E-state index in [0.717, 1.165) is 61.3 Å². The van der Waals surface area contributed by atoms with Gasteiger partial charge in [-0.05, 0) is 131 Å². The summed E-state index contributed by atoms with van der Waals surface area (Å²) in [5.41, 5.74) is 1.37. The minimum Gasteiger partial charge on any atom is -0.491 e. The topological polar surface area (TPSA) is 9.23 Å². The molecule has 0 spiro atoms. The van der Waals surface area contributed by atoms with Gasteiger partial charge in [0, 0.05) is 5.56 Å². The van der Waals surface area contributed by atoms with Crippen LogP contribution in [0.2, 0.25) is 0 Å². The van der Waals surface area contributed by atoms with E-state index >= 15 is 0 Å². The molecule has 0 heterocycles. The number of rotatable bonds is 11. The maximum atomic E-state index is 14.6. The first kappa shape index (κ1) is 28.1. The van der Waals surface area contributed by atoms with Crippen LogP contribution in [0.4, 0.5) is 8.78 Å². The maximum Gasteiger partial charge on any atom is 0.201 e. The molecule has 0 N–H and O–H groups in total. The maximum absolute atomic E-state index is 14.6. The summed E-state index contributed by atoms with van der Waals surface area (Å²) < 4.78 is 34.1. The van der Waals surface area contributed by atoms with Crippen LogP contribution in [0.3, 0.4) is 0 Å². The lowest BCUT2D eigenvalue weighted by Gasteiger charge is -2.37. The predicted octanol–water partition coefficient (Wildman–Crippen LogP) is 10.5. The Morgan fingerprint density at radius 3 is 2.22 bits per heavy atom. The third-order valence-corrected chi connectivity index (χ3v) is 9.52. The third-order valence-electron chi connectivity index (χ3n) is 9.52. The third kappa shape index (κ3) is 7.80. The summed E-state index contributed by atoms with van der Waals surface area (Å²) in [7, 11) is 0. The zero-order valence-electron chi connectivity index (χ0n) is 23.0. The number of benzene rings is 1. The normalized spacial score (nSPS) is 28.7. The fourth-order valence-electron chi connectivity index (χ4n) is 7.17. The largest absolute Gasteiger partial charge is 0.491 e. The highest BCUT2D eigenvalue weighted by atomic mass is 19.2. The van der Waals surface area contributed by atoms with Gasteiger partial charge in [-0.2, -0.15) is 4.39 Å². The minimum absolute atomic E-state index is 0.00695. The summed E-state index contributed by atoms with van der Waals surface area (Å²) in [4.78, 5) is 0. The smallest absolute Gasteiger partial charge is 0.201 e. The lowest BCUT2D eigenvalue weighted by Crippen LogP contribution is -2.25. The monoisotopic (exact) mass is 510 g/mol. The van der Waals surface area contributed by atoms with Crippen molar-refractivity contribution < 1.29 is 13.5 Å². The second kappa shape index (κ2) is 14.3. The van der Waals surface area contributed by atoms with Crippen molar-refractivity contribution >= 4 is 5.57 Å². The number of hydrogen-bond acceptors (Lipinski definition) is 1. The van der Waals surface area contributed by atoms with Crippen LogP contribution in [-0.4, -0.2) is 6.61 Å². The fourth-order valence-corrected chi connectivity index (χ4v) is 7.17. The summed E-state index contributed by atoms with van der Waals surface area (Å²) in [5.74, 6) is 2.71. The van der Waals surface area contributed by atoms with Crippen LogP contribution in [0.25, 0.3) is 5.57 Å². The van der Waals surface area contributed by atoms with Gasteiger partial charge in [-0.3, -0.25) is 0 Å². The van der Waals surface area contributed by atoms with E-state index in [1.54, 1.807) is 19.1 Å². The fraction of sp³-hybridized carbons (Fsp3) is 0.647. The van der Waals surface area contributed by atoms with Gasteiger partial charge in [-0.15, -0.1) is 6.58 Å². The quantitative estimate of drug-likeness (QED) is 0.212. The Labute approximate surface area is 224 Å². The van der Waals surface area contributed by atoms with E-state index in [9.17, 15) is 8.78 Å². The lowest BCUT2D eigenvalue weighted by molar-refractivity contribution is 0.149. The van der Waals surface area contributed by atoms with Crippen molar-refractivity contribution in [3.8, 4) is 5.75 Å². The molecule has 3 aliphatic carbocycles. The van der Waals surface area contributed by atoms with Gasteiger partial charge in [-0.25, -0.2) is 4.39 Å². The zero-order chi connectivity index (χ0) is 26.0. The van der Waals surface area contributed by atoms with Crippen molar-refractivity contribution in [1.82, 2.24) is 0 Å². The molecule has 1 nitrogen and oxygen atoms in total. The van der Waals surface area contributed by atoms with Crippen LogP contribution in [0.15, 0.2) is 43.0 Å². The van der Waals surface area contributed by atoms with Crippen LogP contribution >= 0.6 is 0 Å². The average Bonchev–Trinajstić information content (AvgIpc) is 2.94. The van der Waals surface area contributed by atoms with Gasteiger partial charge in [0.2, 0.25) is 5.82 Å². The van der Waals surface area contributed by atoms with Gasteiger partial charge in [0.1, 0.15) is 0 Å². The lowest BCUT2D eigenvalue weighted by atomic mass is 9.68. The SMILES string of the molecule is C=CCCC=CC1CCC(C2CCC(CCC3CC=C(c4ccc(OCC)c(F)c4F)CC3)CC2)CC1. The Balaban J connectivity index is 1.15. The molecule has 2 fully saturated rings. The van der Waals surface area contributed by atoms with Crippen molar-refractivity contribution in [3.63, 3.8) is 0 Å². The number of allylic oxidation sites excluding steroid dienone is 5. The standard InChI is InChI=1S/C34H48F2O/c1-3-5-6-7-8-25-11-17-28(18-12-25)29-19-13-26(14-20-29)9-10-27-15-21-30(22-16-27)31-23-24-32(37-4-2)34(36)33(31)35/h3,7-8,21,23-29H,1,4-6,9-20,22H2,2H3. The average molecular weight is 511 g/mol. The molecule has 0 aliphatic heterocycles. The number of hydrogen-bond donors (Lipinski definition) is 0. The number of ether oxygens (including phenoxy) is 1. The van der Waals surface area contributed by atoms with Crippen LogP contribution in [0.5, 0.6) is 5.75 Å². The molecule has 3 aliphatic rings. The van der Waals surface area contributed by atoms with E-state index in [1.165, 1.54) is 64.2 Å². The number of unbranched alkanes of at least 4 members (excludes halogenated alkanes) is 1. The first-order valence-electron chi connectivity index (χ1n) is 15.2. The van der Waals surface area contributed by atoms with E-state index in [1.807, 2.05) is 6.08 Å². The van der Waals surface area contributed by atoms with Crippen molar-refractivity contribution in [1.29, 1.82) is 0 Å². The molecule has 1 aromatic rings. The predicted molar refractivity (Wildman–Crippen MR) is 152 cm³/mol. The van der Waals surface area contributed by atoms with Crippen molar-refractivity contribution in [2.24, 2.45) is 29.6 Å².